The molecule has 1 aliphatic carbocycles. The summed E-state index contributed by atoms with van der Waals surface area (Å²) in [7, 11) is 0. The van der Waals surface area contributed by atoms with Gasteiger partial charge in [0.1, 0.15) is 12.1 Å². The first-order valence-electron chi connectivity index (χ1n) is 11.3. The van der Waals surface area contributed by atoms with Crippen molar-refractivity contribution < 1.29 is 24.2 Å². The third kappa shape index (κ3) is 4.32. The smallest absolute Gasteiger partial charge is 0.407 e. The van der Waals surface area contributed by atoms with E-state index in [1.54, 1.807) is 20.8 Å². The van der Waals surface area contributed by atoms with Crippen molar-refractivity contribution in [2.75, 3.05) is 13.2 Å². The van der Waals surface area contributed by atoms with E-state index in [0.29, 0.717) is 19.4 Å². The Labute approximate surface area is 193 Å². The lowest BCUT2D eigenvalue weighted by molar-refractivity contribution is -0.155. The van der Waals surface area contributed by atoms with E-state index in [-0.39, 0.29) is 24.9 Å². The largest absolute Gasteiger partial charge is 0.480 e. The summed E-state index contributed by atoms with van der Waals surface area (Å²) in [5.41, 5.74) is 2.48. The summed E-state index contributed by atoms with van der Waals surface area (Å²) in [6, 6.07) is 16.2. The molecule has 0 aromatic heterocycles. The molecule has 1 heterocycles. The summed E-state index contributed by atoms with van der Waals surface area (Å²) in [6.45, 7) is 5.64. The Bertz CT molecular complexity index is 1050. The fraction of sp³-hybridized carbons (Fsp3) is 0.423. The van der Waals surface area contributed by atoms with E-state index < -0.39 is 23.1 Å². The van der Waals surface area contributed by atoms with Crippen molar-refractivity contribution in [3.63, 3.8) is 0 Å². The standard InChI is InChI=1S/C26H30N2O5/c1-25(2,15-22(29)28-14-8-13-26(28,3)23(30)31)27-24(32)33-16-21-19-11-6-4-9-17(19)18-10-5-7-12-20(18)21/h4-7,9-12,21H,8,13-16H2,1-3H3,(H,27,32)(H,30,31)/t26-/m1/s1. The second-order valence-electron chi connectivity index (χ2n) is 9.74. The molecular weight excluding hydrogens is 420 g/mol. The number of ether oxygens (including phenoxy) is 1. The van der Waals surface area contributed by atoms with E-state index >= 15 is 0 Å². The van der Waals surface area contributed by atoms with Crippen LogP contribution < -0.4 is 5.32 Å². The monoisotopic (exact) mass is 450 g/mol. The minimum atomic E-state index is -1.20. The van der Waals surface area contributed by atoms with Crippen molar-refractivity contribution in [1.82, 2.24) is 10.2 Å². The maximum atomic E-state index is 12.9. The lowest BCUT2D eigenvalue weighted by Gasteiger charge is -2.34. The van der Waals surface area contributed by atoms with Crippen molar-refractivity contribution in [1.29, 1.82) is 0 Å². The van der Waals surface area contributed by atoms with Crippen LogP contribution in [-0.4, -0.2) is 52.2 Å². The second kappa shape index (κ2) is 8.54. The number of likely N-dealkylation sites (tertiary alicyclic amines) is 1. The van der Waals surface area contributed by atoms with Crippen molar-refractivity contribution in [3.8, 4) is 11.1 Å². The molecule has 7 heteroatoms. The summed E-state index contributed by atoms with van der Waals surface area (Å²) >= 11 is 0. The highest BCUT2D eigenvalue weighted by Crippen LogP contribution is 2.44. The Kier molecular flexibility index (Phi) is 5.91. The highest BCUT2D eigenvalue weighted by molar-refractivity contribution is 5.88. The summed E-state index contributed by atoms with van der Waals surface area (Å²) in [6.07, 6.45) is 0.459. The van der Waals surface area contributed by atoms with Gasteiger partial charge in [-0.15, -0.1) is 0 Å². The molecule has 1 saturated heterocycles. The minimum absolute atomic E-state index is 0.0138. The molecule has 2 amide bonds. The van der Waals surface area contributed by atoms with E-state index in [1.807, 2.05) is 24.3 Å². The lowest BCUT2D eigenvalue weighted by Crippen LogP contribution is -2.54. The third-order valence-electron chi connectivity index (χ3n) is 6.78. The van der Waals surface area contributed by atoms with Crippen LogP contribution in [0.15, 0.2) is 48.5 Å². The van der Waals surface area contributed by atoms with Crippen molar-refractivity contribution in [3.05, 3.63) is 59.7 Å². The number of benzene rings is 2. The van der Waals surface area contributed by atoms with Crippen molar-refractivity contribution in [2.45, 2.75) is 57.0 Å². The molecule has 1 atom stereocenters. The topological polar surface area (TPSA) is 95.9 Å². The molecule has 0 radical (unpaired) electrons. The van der Waals surface area contributed by atoms with Crippen LogP contribution in [0.4, 0.5) is 4.79 Å². The van der Waals surface area contributed by atoms with E-state index in [4.69, 9.17) is 4.74 Å². The van der Waals surface area contributed by atoms with Crippen molar-refractivity contribution >= 4 is 18.0 Å². The number of nitrogens with zero attached hydrogens (tertiary/aromatic N) is 1. The van der Waals surface area contributed by atoms with Gasteiger partial charge in [0.2, 0.25) is 5.91 Å². The maximum absolute atomic E-state index is 12.9. The first-order valence-corrected chi connectivity index (χ1v) is 11.3. The number of nitrogens with one attached hydrogen (secondary N) is 1. The van der Waals surface area contributed by atoms with Crippen molar-refractivity contribution in [2.24, 2.45) is 0 Å². The van der Waals surface area contributed by atoms with Gasteiger partial charge in [0.05, 0.1) is 0 Å². The van der Waals surface area contributed by atoms with E-state index in [0.717, 1.165) is 22.3 Å². The fourth-order valence-electron chi connectivity index (χ4n) is 5.01. The zero-order valence-electron chi connectivity index (χ0n) is 19.3. The number of hydrogen-bond acceptors (Lipinski definition) is 4. The van der Waals surface area contributed by atoms with Gasteiger partial charge in [-0.25, -0.2) is 9.59 Å². The van der Waals surface area contributed by atoms with Crippen LogP contribution >= 0.6 is 0 Å². The quantitative estimate of drug-likeness (QED) is 0.689. The molecule has 0 saturated carbocycles. The number of amides is 2. The zero-order valence-corrected chi connectivity index (χ0v) is 19.3. The molecule has 0 unspecified atom stereocenters. The van der Waals surface area contributed by atoms with E-state index in [1.165, 1.54) is 4.90 Å². The van der Waals surface area contributed by atoms with Gasteiger partial charge in [-0.1, -0.05) is 48.5 Å². The highest BCUT2D eigenvalue weighted by atomic mass is 16.5. The average molecular weight is 451 g/mol. The minimum Gasteiger partial charge on any atom is -0.480 e. The molecule has 2 aromatic carbocycles. The molecule has 7 nitrogen and oxygen atoms in total. The molecule has 33 heavy (non-hydrogen) atoms. The van der Waals surface area contributed by atoms with Gasteiger partial charge >= 0.3 is 12.1 Å². The van der Waals surface area contributed by atoms with Crippen LogP contribution in [0.1, 0.15) is 57.1 Å². The highest BCUT2D eigenvalue weighted by Gasteiger charge is 2.46. The average Bonchev–Trinajstić information content (AvgIpc) is 3.31. The van der Waals surface area contributed by atoms with Crippen LogP contribution in [-0.2, 0) is 14.3 Å². The number of carbonyl (C=O) groups is 3. The molecule has 2 aliphatic rings. The number of rotatable bonds is 6. The molecule has 0 bridgehead atoms. The summed E-state index contributed by atoms with van der Waals surface area (Å²) in [5, 5.41) is 12.3. The molecule has 2 N–H and O–H groups in total. The normalized spacial score (nSPS) is 19.7. The van der Waals surface area contributed by atoms with Gasteiger partial charge in [0.15, 0.2) is 0 Å². The summed E-state index contributed by atoms with van der Waals surface area (Å²) < 4.78 is 5.59. The fourth-order valence-corrected chi connectivity index (χ4v) is 5.01. The zero-order chi connectivity index (χ0) is 23.8. The SMILES string of the molecule is CC(C)(CC(=O)N1CCC[C@]1(C)C(=O)O)NC(=O)OCC1c2ccccc2-c2ccccc21. The maximum Gasteiger partial charge on any atom is 0.407 e. The summed E-state index contributed by atoms with van der Waals surface area (Å²) in [4.78, 5) is 38.6. The third-order valence-corrected chi connectivity index (χ3v) is 6.78. The second-order valence-corrected chi connectivity index (χ2v) is 9.74. The van der Waals surface area contributed by atoms with Gasteiger partial charge < -0.3 is 20.1 Å². The lowest BCUT2D eigenvalue weighted by atomic mass is 9.96. The molecule has 1 aliphatic heterocycles. The van der Waals surface area contributed by atoms with Gasteiger partial charge in [0, 0.05) is 24.4 Å². The van der Waals surface area contributed by atoms with Crippen LogP contribution in [0.2, 0.25) is 0 Å². The molecular formula is C26H30N2O5. The number of carboxylic acid groups (broad SMARTS) is 1. The van der Waals surface area contributed by atoms with Crippen LogP contribution in [0, 0.1) is 0 Å². The Morgan fingerprint density at radius 3 is 2.24 bits per heavy atom. The van der Waals surface area contributed by atoms with Gasteiger partial charge in [-0.05, 0) is 55.9 Å². The Morgan fingerprint density at radius 2 is 1.67 bits per heavy atom. The molecule has 0 spiro atoms. The van der Waals surface area contributed by atoms with Gasteiger partial charge in [-0.2, -0.15) is 0 Å². The first kappa shape index (κ1) is 22.8. The Hall–Kier alpha value is -3.35. The Balaban J connectivity index is 1.38. The molecule has 174 valence electrons. The number of alkyl carbamates (subject to hydrolysis) is 1. The number of hydrogen-bond donors (Lipinski definition) is 2. The Morgan fingerprint density at radius 1 is 1.09 bits per heavy atom. The molecule has 4 rings (SSSR count). The predicted octanol–water partition coefficient (Wildman–Crippen LogP) is 4.16. The summed E-state index contributed by atoms with van der Waals surface area (Å²) in [5.74, 6) is -1.34. The van der Waals surface area contributed by atoms with Gasteiger partial charge in [0.25, 0.3) is 0 Å². The van der Waals surface area contributed by atoms with Crippen LogP contribution in [0.25, 0.3) is 11.1 Å². The first-order chi connectivity index (χ1) is 15.6. The number of aliphatic carboxylic acids is 1. The predicted molar refractivity (Wildman–Crippen MR) is 124 cm³/mol. The van der Waals surface area contributed by atoms with E-state index in [2.05, 4.69) is 29.6 Å². The van der Waals surface area contributed by atoms with Gasteiger partial charge in [-0.3, -0.25) is 4.79 Å². The number of fused-ring (bicyclic) bond motifs is 3. The molecule has 2 aromatic rings. The van der Waals surface area contributed by atoms with Crippen LogP contribution in [0.5, 0.6) is 0 Å². The van der Waals surface area contributed by atoms with E-state index in [9.17, 15) is 19.5 Å². The van der Waals surface area contributed by atoms with Crippen LogP contribution in [0.3, 0.4) is 0 Å². The number of carboxylic acids is 1. The number of carbonyl (C=O) groups excluding carboxylic acids is 2. The molecule has 1 fully saturated rings.